The molecule has 1 aliphatic rings. The van der Waals surface area contributed by atoms with Crippen molar-refractivity contribution in [1.82, 2.24) is 0 Å². The fourth-order valence-corrected chi connectivity index (χ4v) is 3.86. The highest BCUT2D eigenvalue weighted by molar-refractivity contribution is 7.92. The number of carbonyl (C=O) groups is 1. The summed E-state index contributed by atoms with van der Waals surface area (Å²) in [6, 6.07) is 10.0. The molecule has 0 aliphatic carbocycles. The largest absolute Gasteiger partial charge is 0.479 e. The number of fused-ring (bicyclic) bond motifs is 1. The molecule has 1 aliphatic heterocycles. The normalized spacial score (nSPS) is 16.8. The van der Waals surface area contributed by atoms with Crippen LogP contribution in [0.25, 0.3) is 0 Å². The highest BCUT2D eigenvalue weighted by Crippen LogP contribution is 2.33. The predicted octanol–water partition coefficient (Wildman–Crippen LogP) is 2.82. The fraction of sp³-hybridized carbons (Fsp3) is 0.235. The molecule has 0 fully saturated rings. The van der Waals surface area contributed by atoms with E-state index in [1.165, 1.54) is 0 Å². The molecule has 6 nitrogen and oxygen atoms in total. The van der Waals surface area contributed by atoms with Crippen LogP contribution in [-0.2, 0) is 14.8 Å². The maximum Gasteiger partial charge on any atom is 0.265 e. The summed E-state index contributed by atoms with van der Waals surface area (Å²) in [5.74, 6) is 0.244. The molecule has 0 aromatic heterocycles. The van der Waals surface area contributed by atoms with E-state index in [1.54, 1.807) is 44.2 Å². The number of sulfonamides is 1. The van der Waals surface area contributed by atoms with Gasteiger partial charge in [0.1, 0.15) is 5.75 Å². The lowest BCUT2D eigenvalue weighted by molar-refractivity contribution is -0.122. The summed E-state index contributed by atoms with van der Waals surface area (Å²) >= 11 is 0. The molecule has 24 heavy (non-hydrogen) atoms. The van der Waals surface area contributed by atoms with Crippen molar-refractivity contribution >= 4 is 27.3 Å². The van der Waals surface area contributed by atoms with Crippen molar-refractivity contribution < 1.29 is 17.9 Å². The number of benzene rings is 2. The van der Waals surface area contributed by atoms with Crippen molar-refractivity contribution in [2.45, 2.75) is 31.8 Å². The average molecular weight is 346 g/mol. The summed E-state index contributed by atoms with van der Waals surface area (Å²) < 4.78 is 33.3. The van der Waals surface area contributed by atoms with Gasteiger partial charge in [-0.25, -0.2) is 8.42 Å². The van der Waals surface area contributed by atoms with Gasteiger partial charge in [-0.2, -0.15) is 0 Å². The molecule has 2 aromatic carbocycles. The second kappa shape index (κ2) is 5.83. The molecule has 0 bridgehead atoms. The second-order valence-corrected chi connectivity index (χ2v) is 7.49. The number of anilines is 2. The molecule has 0 unspecified atom stereocenters. The molecule has 7 heteroatoms. The summed E-state index contributed by atoms with van der Waals surface area (Å²) in [6.45, 7) is 5.23. The minimum Gasteiger partial charge on any atom is -0.479 e. The maximum atomic E-state index is 12.6. The smallest absolute Gasteiger partial charge is 0.265 e. The monoisotopic (exact) mass is 346 g/mol. The van der Waals surface area contributed by atoms with E-state index in [4.69, 9.17) is 4.74 Å². The lowest BCUT2D eigenvalue weighted by Crippen LogP contribution is -2.34. The van der Waals surface area contributed by atoms with E-state index in [0.29, 0.717) is 22.7 Å². The minimum atomic E-state index is -3.72. The summed E-state index contributed by atoms with van der Waals surface area (Å²) in [7, 11) is -3.72. The first-order valence-electron chi connectivity index (χ1n) is 7.48. The van der Waals surface area contributed by atoms with Crippen LogP contribution in [0.5, 0.6) is 5.75 Å². The Morgan fingerprint density at radius 1 is 1.12 bits per heavy atom. The molecule has 1 atom stereocenters. The van der Waals surface area contributed by atoms with E-state index in [-0.39, 0.29) is 10.8 Å². The SMILES string of the molecule is Cc1ccc(C)c(S(=O)(=O)Nc2ccc3c(c2)NC(=O)[C@H](C)O3)c1. The van der Waals surface area contributed by atoms with E-state index in [1.807, 2.05) is 13.0 Å². The third kappa shape index (κ3) is 3.07. The number of hydrogen-bond acceptors (Lipinski definition) is 4. The Hall–Kier alpha value is -2.54. The zero-order chi connectivity index (χ0) is 17.5. The Kier molecular flexibility index (Phi) is 3.96. The third-order valence-electron chi connectivity index (χ3n) is 3.80. The molecule has 1 amide bonds. The average Bonchev–Trinajstić information content (AvgIpc) is 2.50. The quantitative estimate of drug-likeness (QED) is 0.895. The zero-order valence-electron chi connectivity index (χ0n) is 13.6. The van der Waals surface area contributed by atoms with Gasteiger partial charge < -0.3 is 10.1 Å². The van der Waals surface area contributed by atoms with Crippen LogP contribution < -0.4 is 14.8 Å². The Balaban J connectivity index is 1.92. The second-order valence-electron chi connectivity index (χ2n) is 5.83. The third-order valence-corrected chi connectivity index (χ3v) is 5.32. The van der Waals surface area contributed by atoms with E-state index in [0.717, 1.165) is 5.56 Å². The van der Waals surface area contributed by atoms with Gasteiger partial charge in [-0.15, -0.1) is 0 Å². The summed E-state index contributed by atoms with van der Waals surface area (Å²) in [6.07, 6.45) is -0.574. The summed E-state index contributed by atoms with van der Waals surface area (Å²) in [5.41, 5.74) is 2.32. The topological polar surface area (TPSA) is 84.5 Å². The van der Waals surface area contributed by atoms with Gasteiger partial charge in [0.25, 0.3) is 15.9 Å². The molecule has 0 saturated carbocycles. The van der Waals surface area contributed by atoms with Crippen molar-refractivity contribution in [1.29, 1.82) is 0 Å². The van der Waals surface area contributed by atoms with Crippen LogP contribution in [-0.4, -0.2) is 20.4 Å². The number of hydrogen-bond donors (Lipinski definition) is 2. The van der Waals surface area contributed by atoms with Gasteiger partial charge in [0.05, 0.1) is 16.3 Å². The van der Waals surface area contributed by atoms with E-state index >= 15 is 0 Å². The predicted molar refractivity (Wildman–Crippen MR) is 91.9 cm³/mol. The van der Waals surface area contributed by atoms with Crippen LogP contribution in [0.4, 0.5) is 11.4 Å². The molecule has 0 radical (unpaired) electrons. The van der Waals surface area contributed by atoms with Crippen molar-refractivity contribution in [3.8, 4) is 5.75 Å². The van der Waals surface area contributed by atoms with Gasteiger partial charge >= 0.3 is 0 Å². The Morgan fingerprint density at radius 2 is 1.88 bits per heavy atom. The first-order valence-corrected chi connectivity index (χ1v) is 8.96. The lowest BCUT2D eigenvalue weighted by atomic mass is 10.2. The lowest BCUT2D eigenvalue weighted by Gasteiger charge is -2.23. The number of carbonyl (C=O) groups excluding carboxylic acids is 1. The van der Waals surface area contributed by atoms with Crippen molar-refractivity contribution in [3.63, 3.8) is 0 Å². The summed E-state index contributed by atoms with van der Waals surface area (Å²) in [5, 5.41) is 2.70. The molecule has 126 valence electrons. The van der Waals surface area contributed by atoms with E-state index < -0.39 is 16.1 Å². The van der Waals surface area contributed by atoms with Crippen LogP contribution >= 0.6 is 0 Å². The van der Waals surface area contributed by atoms with Crippen LogP contribution in [0.1, 0.15) is 18.1 Å². The van der Waals surface area contributed by atoms with Gasteiger partial charge in [0.15, 0.2) is 6.10 Å². The van der Waals surface area contributed by atoms with Gasteiger partial charge in [0, 0.05) is 0 Å². The number of nitrogens with one attached hydrogen (secondary N) is 2. The van der Waals surface area contributed by atoms with Crippen molar-refractivity contribution in [2.75, 3.05) is 10.0 Å². The molecular weight excluding hydrogens is 328 g/mol. The highest BCUT2D eigenvalue weighted by Gasteiger charge is 2.24. The Labute approximate surface area is 140 Å². The Morgan fingerprint density at radius 3 is 2.62 bits per heavy atom. The zero-order valence-corrected chi connectivity index (χ0v) is 14.4. The van der Waals surface area contributed by atoms with Crippen LogP contribution in [0.15, 0.2) is 41.3 Å². The number of aryl methyl sites for hydroxylation is 2. The highest BCUT2D eigenvalue weighted by atomic mass is 32.2. The molecule has 0 spiro atoms. The molecule has 2 N–H and O–H groups in total. The molecule has 2 aromatic rings. The Bertz CT molecular complexity index is 922. The van der Waals surface area contributed by atoms with Gasteiger partial charge in [-0.1, -0.05) is 12.1 Å². The standard InChI is InChI=1S/C17H18N2O4S/c1-10-4-5-11(2)16(8-10)24(21,22)19-13-6-7-15-14(9-13)18-17(20)12(3)23-15/h4-9,12,19H,1-3H3,(H,18,20)/t12-/m0/s1. The molecule has 0 saturated heterocycles. The maximum absolute atomic E-state index is 12.6. The van der Waals surface area contributed by atoms with Crippen molar-refractivity contribution in [3.05, 3.63) is 47.5 Å². The van der Waals surface area contributed by atoms with E-state index in [2.05, 4.69) is 10.0 Å². The minimum absolute atomic E-state index is 0.231. The van der Waals surface area contributed by atoms with Crippen molar-refractivity contribution in [2.24, 2.45) is 0 Å². The molecule has 1 heterocycles. The summed E-state index contributed by atoms with van der Waals surface area (Å²) in [4.78, 5) is 11.9. The molecule has 3 rings (SSSR count). The number of rotatable bonds is 3. The van der Waals surface area contributed by atoms with Crippen LogP contribution in [0.3, 0.4) is 0 Å². The first kappa shape index (κ1) is 16.3. The first-order chi connectivity index (χ1) is 11.3. The van der Waals surface area contributed by atoms with Gasteiger partial charge in [0.2, 0.25) is 0 Å². The van der Waals surface area contributed by atoms with Gasteiger partial charge in [-0.05, 0) is 56.2 Å². The number of ether oxygens (including phenoxy) is 1. The van der Waals surface area contributed by atoms with Gasteiger partial charge in [-0.3, -0.25) is 9.52 Å². The molecular formula is C17H18N2O4S. The number of amides is 1. The fourth-order valence-electron chi connectivity index (χ4n) is 2.48. The van der Waals surface area contributed by atoms with E-state index in [9.17, 15) is 13.2 Å². The van der Waals surface area contributed by atoms with Crippen LogP contribution in [0.2, 0.25) is 0 Å². The van der Waals surface area contributed by atoms with Crippen LogP contribution in [0, 0.1) is 13.8 Å².